The quantitative estimate of drug-likeness (QED) is 0.818. The first kappa shape index (κ1) is 18.7. The number of amides is 1. The van der Waals surface area contributed by atoms with Crippen molar-refractivity contribution in [1.82, 2.24) is 9.78 Å². The van der Waals surface area contributed by atoms with E-state index in [9.17, 15) is 9.59 Å². The summed E-state index contributed by atoms with van der Waals surface area (Å²) in [5.74, 6) is -0.0872. The zero-order chi connectivity index (χ0) is 18.6. The van der Waals surface area contributed by atoms with Gasteiger partial charge in [-0.3, -0.25) is 9.48 Å². The number of hydrogen-bond donors (Lipinski definition) is 1. The third-order valence-electron chi connectivity index (χ3n) is 3.97. The maximum Gasteiger partial charge on any atom is 0.337 e. The van der Waals surface area contributed by atoms with Crippen LogP contribution in [0.5, 0.6) is 0 Å². The van der Waals surface area contributed by atoms with Crippen LogP contribution in [-0.4, -0.2) is 28.8 Å². The van der Waals surface area contributed by atoms with E-state index in [4.69, 9.17) is 4.74 Å². The molecule has 1 aromatic heterocycles. The van der Waals surface area contributed by atoms with E-state index in [0.29, 0.717) is 17.2 Å². The topological polar surface area (TPSA) is 73.2 Å². The number of carbonyl (C=O) groups excluding carboxylic acids is 2. The van der Waals surface area contributed by atoms with Gasteiger partial charge in [-0.1, -0.05) is 19.9 Å². The van der Waals surface area contributed by atoms with Crippen molar-refractivity contribution in [3.05, 3.63) is 46.8 Å². The average Bonchev–Trinajstić information content (AvgIpc) is 2.81. The van der Waals surface area contributed by atoms with Crippen LogP contribution in [0.3, 0.4) is 0 Å². The lowest BCUT2D eigenvalue weighted by Gasteiger charge is -2.09. The van der Waals surface area contributed by atoms with Crippen LogP contribution in [0, 0.1) is 19.8 Å². The normalized spacial score (nSPS) is 10.8. The van der Waals surface area contributed by atoms with Crippen LogP contribution in [0.2, 0.25) is 0 Å². The lowest BCUT2D eigenvalue weighted by Crippen LogP contribution is -2.16. The number of methoxy groups -OCH3 is 1. The predicted molar refractivity (Wildman–Crippen MR) is 96.7 cm³/mol. The fourth-order valence-electron chi connectivity index (χ4n) is 2.72. The fraction of sp³-hybridized carbons (Fsp3) is 0.421. The molecule has 1 aromatic carbocycles. The molecule has 0 aliphatic carbocycles. The third kappa shape index (κ3) is 4.68. The second-order valence-electron chi connectivity index (χ2n) is 6.52. The minimum absolute atomic E-state index is 0.141. The Morgan fingerprint density at radius 3 is 2.64 bits per heavy atom. The molecule has 0 saturated heterocycles. The SMILES string of the molecule is COC(=O)c1cccc(NC(=O)Cc2c(C)nn(CC(C)C)c2C)c1. The van der Waals surface area contributed by atoms with Gasteiger partial charge in [-0.2, -0.15) is 5.10 Å². The van der Waals surface area contributed by atoms with Crippen molar-refractivity contribution in [1.29, 1.82) is 0 Å². The number of carbonyl (C=O) groups is 2. The van der Waals surface area contributed by atoms with Crippen LogP contribution >= 0.6 is 0 Å². The molecule has 0 bridgehead atoms. The van der Waals surface area contributed by atoms with Crippen LogP contribution in [0.25, 0.3) is 0 Å². The molecule has 0 spiro atoms. The van der Waals surface area contributed by atoms with Crippen molar-refractivity contribution in [3.8, 4) is 0 Å². The summed E-state index contributed by atoms with van der Waals surface area (Å²) in [5, 5.41) is 7.36. The number of aromatic nitrogens is 2. The lowest BCUT2D eigenvalue weighted by atomic mass is 10.1. The zero-order valence-corrected chi connectivity index (χ0v) is 15.4. The Labute approximate surface area is 148 Å². The molecular formula is C19H25N3O3. The molecule has 2 aromatic rings. The van der Waals surface area contributed by atoms with Gasteiger partial charge >= 0.3 is 5.97 Å². The molecule has 0 aliphatic rings. The first-order valence-electron chi connectivity index (χ1n) is 8.33. The Kier molecular flexibility index (Phi) is 5.96. The van der Waals surface area contributed by atoms with E-state index in [1.165, 1.54) is 7.11 Å². The van der Waals surface area contributed by atoms with E-state index in [2.05, 4.69) is 24.3 Å². The maximum absolute atomic E-state index is 12.4. The van der Waals surface area contributed by atoms with Gasteiger partial charge in [-0.15, -0.1) is 0 Å². The number of esters is 1. The third-order valence-corrected chi connectivity index (χ3v) is 3.97. The second-order valence-corrected chi connectivity index (χ2v) is 6.52. The Hall–Kier alpha value is -2.63. The Balaban J connectivity index is 2.11. The van der Waals surface area contributed by atoms with Gasteiger partial charge in [0, 0.05) is 23.5 Å². The smallest absolute Gasteiger partial charge is 0.337 e. The van der Waals surface area contributed by atoms with Gasteiger partial charge in [-0.25, -0.2) is 4.79 Å². The van der Waals surface area contributed by atoms with Crippen LogP contribution in [0.1, 0.15) is 41.2 Å². The first-order valence-corrected chi connectivity index (χ1v) is 8.33. The Morgan fingerprint density at radius 2 is 2.00 bits per heavy atom. The van der Waals surface area contributed by atoms with E-state index in [-0.39, 0.29) is 12.3 Å². The highest BCUT2D eigenvalue weighted by atomic mass is 16.5. The molecule has 6 heteroatoms. The Bertz CT molecular complexity index is 778. The molecule has 0 atom stereocenters. The monoisotopic (exact) mass is 343 g/mol. The number of aryl methyl sites for hydroxylation is 1. The van der Waals surface area contributed by atoms with Gasteiger partial charge in [0.05, 0.1) is 24.8 Å². The van der Waals surface area contributed by atoms with Gasteiger partial charge in [-0.05, 0) is 38.0 Å². The summed E-state index contributed by atoms with van der Waals surface area (Å²) in [6.07, 6.45) is 0.248. The van der Waals surface area contributed by atoms with E-state index in [1.54, 1.807) is 24.3 Å². The summed E-state index contributed by atoms with van der Waals surface area (Å²) in [7, 11) is 1.33. The zero-order valence-electron chi connectivity index (χ0n) is 15.4. The molecular weight excluding hydrogens is 318 g/mol. The van der Waals surface area contributed by atoms with Gasteiger partial charge < -0.3 is 10.1 Å². The van der Waals surface area contributed by atoms with Gasteiger partial charge in [0.2, 0.25) is 5.91 Å². The largest absolute Gasteiger partial charge is 0.465 e. The second kappa shape index (κ2) is 7.96. The number of nitrogens with one attached hydrogen (secondary N) is 1. The molecule has 0 radical (unpaired) electrons. The fourth-order valence-corrected chi connectivity index (χ4v) is 2.72. The van der Waals surface area contributed by atoms with Crippen molar-refractivity contribution < 1.29 is 14.3 Å². The van der Waals surface area contributed by atoms with Crippen molar-refractivity contribution >= 4 is 17.6 Å². The minimum atomic E-state index is -0.433. The molecule has 134 valence electrons. The highest BCUT2D eigenvalue weighted by molar-refractivity contribution is 5.95. The number of benzene rings is 1. The van der Waals surface area contributed by atoms with Gasteiger partial charge in [0.1, 0.15) is 0 Å². The van der Waals surface area contributed by atoms with Gasteiger partial charge in [0.25, 0.3) is 0 Å². The molecule has 1 N–H and O–H groups in total. The molecule has 6 nitrogen and oxygen atoms in total. The summed E-state index contributed by atoms with van der Waals surface area (Å²) < 4.78 is 6.65. The molecule has 1 heterocycles. The molecule has 0 aliphatic heterocycles. The van der Waals surface area contributed by atoms with Crippen molar-refractivity contribution in [2.24, 2.45) is 5.92 Å². The first-order chi connectivity index (χ1) is 11.8. The number of nitrogens with zero attached hydrogens (tertiary/aromatic N) is 2. The molecule has 2 rings (SSSR count). The minimum Gasteiger partial charge on any atom is -0.465 e. The number of anilines is 1. The summed E-state index contributed by atoms with van der Waals surface area (Å²) in [4.78, 5) is 24.0. The molecule has 0 unspecified atom stereocenters. The van der Waals surface area contributed by atoms with Crippen LogP contribution in [0.4, 0.5) is 5.69 Å². The van der Waals surface area contributed by atoms with E-state index >= 15 is 0 Å². The van der Waals surface area contributed by atoms with E-state index < -0.39 is 5.97 Å². The maximum atomic E-state index is 12.4. The summed E-state index contributed by atoms with van der Waals surface area (Å²) >= 11 is 0. The summed E-state index contributed by atoms with van der Waals surface area (Å²) in [6, 6.07) is 6.70. The lowest BCUT2D eigenvalue weighted by molar-refractivity contribution is -0.115. The number of ether oxygens (including phenoxy) is 1. The van der Waals surface area contributed by atoms with E-state index in [0.717, 1.165) is 23.5 Å². The molecule has 1 amide bonds. The highest BCUT2D eigenvalue weighted by Gasteiger charge is 2.16. The summed E-state index contributed by atoms with van der Waals surface area (Å²) in [5.41, 5.74) is 3.80. The van der Waals surface area contributed by atoms with Crippen LogP contribution in [-0.2, 0) is 22.5 Å². The standard InChI is InChI=1S/C19H25N3O3/c1-12(2)11-22-14(4)17(13(3)21-22)10-18(23)20-16-8-6-7-15(9-16)19(24)25-5/h6-9,12H,10-11H2,1-5H3,(H,20,23). The molecule has 0 fully saturated rings. The average molecular weight is 343 g/mol. The number of hydrogen-bond acceptors (Lipinski definition) is 4. The number of rotatable bonds is 6. The predicted octanol–water partition coefficient (Wildman–Crippen LogP) is 3.12. The highest BCUT2D eigenvalue weighted by Crippen LogP contribution is 2.17. The van der Waals surface area contributed by atoms with Crippen LogP contribution in [0.15, 0.2) is 24.3 Å². The molecule has 25 heavy (non-hydrogen) atoms. The van der Waals surface area contributed by atoms with Crippen molar-refractivity contribution in [3.63, 3.8) is 0 Å². The Morgan fingerprint density at radius 1 is 1.28 bits per heavy atom. The van der Waals surface area contributed by atoms with E-state index in [1.807, 2.05) is 18.5 Å². The van der Waals surface area contributed by atoms with Crippen molar-refractivity contribution in [2.75, 3.05) is 12.4 Å². The van der Waals surface area contributed by atoms with Crippen LogP contribution < -0.4 is 5.32 Å². The van der Waals surface area contributed by atoms with Crippen molar-refractivity contribution in [2.45, 2.75) is 40.7 Å². The van der Waals surface area contributed by atoms with Gasteiger partial charge in [0.15, 0.2) is 0 Å². The summed E-state index contributed by atoms with van der Waals surface area (Å²) in [6.45, 7) is 9.01. The molecule has 0 saturated carbocycles.